The Balaban J connectivity index is 2.03. The number of hydrogen-bond acceptors (Lipinski definition) is 3. The third-order valence-electron chi connectivity index (χ3n) is 3.92. The minimum absolute atomic E-state index is 0.0848. The number of carbonyl (C=O) groups excluding carboxylic acids is 2. The largest absolute Gasteiger partial charge is 0.326 e. The highest BCUT2D eigenvalue weighted by Crippen LogP contribution is 2.32. The van der Waals surface area contributed by atoms with Crippen LogP contribution in [0.5, 0.6) is 0 Å². The van der Waals surface area contributed by atoms with Crippen molar-refractivity contribution >= 4 is 23.2 Å². The molecule has 5 heteroatoms. The van der Waals surface area contributed by atoms with Gasteiger partial charge in [0.25, 0.3) is 0 Å². The van der Waals surface area contributed by atoms with Gasteiger partial charge in [-0.25, -0.2) is 0 Å². The molecule has 1 aromatic rings. The van der Waals surface area contributed by atoms with E-state index in [2.05, 4.69) is 22.9 Å². The molecule has 0 radical (unpaired) electrons. The third kappa shape index (κ3) is 3.82. The zero-order valence-corrected chi connectivity index (χ0v) is 12.7. The van der Waals surface area contributed by atoms with Crippen molar-refractivity contribution in [3.63, 3.8) is 0 Å². The highest BCUT2D eigenvalue weighted by molar-refractivity contribution is 5.96. The molecule has 1 aliphatic heterocycles. The second-order valence-corrected chi connectivity index (χ2v) is 5.67. The molecule has 1 atom stereocenters. The van der Waals surface area contributed by atoms with E-state index < -0.39 is 0 Å². The molecule has 0 aromatic heterocycles. The minimum Gasteiger partial charge on any atom is -0.326 e. The van der Waals surface area contributed by atoms with E-state index in [-0.39, 0.29) is 17.2 Å². The van der Waals surface area contributed by atoms with Crippen molar-refractivity contribution in [2.75, 3.05) is 23.7 Å². The summed E-state index contributed by atoms with van der Waals surface area (Å²) in [5.74, 6) is -0.0210. The maximum Gasteiger partial charge on any atom is 0.231 e. The van der Waals surface area contributed by atoms with Crippen molar-refractivity contribution in [2.24, 2.45) is 5.41 Å². The molecule has 1 aliphatic rings. The van der Waals surface area contributed by atoms with Gasteiger partial charge in [0.15, 0.2) is 0 Å². The fourth-order valence-electron chi connectivity index (χ4n) is 2.85. The molecule has 114 valence electrons. The number of rotatable bonds is 5. The van der Waals surface area contributed by atoms with Gasteiger partial charge in [0.05, 0.1) is 5.41 Å². The van der Waals surface area contributed by atoms with Crippen LogP contribution in [0.4, 0.5) is 11.4 Å². The SMILES string of the molecule is CCCC1(C(=O)Nc2ccc(NC(C)=O)cc2)CCNC1. The highest BCUT2D eigenvalue weighted by atomic mass is 16.2. The number of benzene rings is 1. The Labute approximate surface area is 125 Å². The van der Waals surface area contributed by atoms with Crippen molar-refractivity contribution in [1.29, 1.82) is 0 Å². The van der Waals surface area contributed by atoms with Crippen LogP contribution < -0.4 is 16.0 Å². The first-order valence-corrected chi connectivity index (χ1v) is 7.45. The summed E-state index contributed by atoms with van der Waals surface area (Å²) in [6, 6.07) is 7.20. The number of hydrogen-bond donors (Lipinski definition) is 3. The van der Waals surface area contributed by atoms with Crippen LogP contribution in [-0.4, -0.2) is 24.9 Å². The molecule has 2 rings (SSSR count). The molecule has 0 saturated carbocycles. The molecule has 0 bridgehead atoms. The molecular weight excluding hydrogens is 266 g/mol. The summed E-state index contributed by atoms with van der Waals surface area (Å²) >= 11 is 0. The average molecular weight is 289 g/mol. The Bertz CT molecular complexity index is 505. The Morgan fingerprint density at radius 3 is 2.29 bits per heavy atom. The van der Waals surface area contributed by atoms with E-state index in [0.29, 0.717) is 0 Å². The van der Waals surface area contributed by atoms with E-state index >= 15 is 0 Å². The third-order valence-corrected chi connectivity index (χ3v) is 3.92. The zero-order chi connectivity index (χ0) is 15.3. The summed E-state index contributed by atoms with van der Waals surface area (Å²) in [6.07, 6.45) is 2.78. The average Bonchev–Trinajstić information content (AvgIpc) is 2.91. The predicted molar refractivity (Wildman–Crippen MR) is 84.2 cm³/mol. The lowest BCUT2D eigenvalue weighted by Gasteiger charge is -2.26. The van der Waals surface area contributed by atoms with Crippen LogP contribution in [0.2, 0.25) is 0 Å². The first-order valence-electron chi connectivity index (χ1n) is 7.45. The Hall–Kier alpha value is -1.88. The maximum absolute atomic E-state index is 12.6. The first-order chi connectivity index (χ1) is 10.1. The smallest absolute Gasteiger partial charge is 0.231 e. The summed E-state index contributed by atoms with van der Waals surface area (Å²) in [4.78, 5) is 23.5. The molecule has 21 heavy (non-hydrogen) atoms. The Morgan fingerprint density at radius 2 is 1.81 bits per heavy atom. The van der Waals surface area contributed by atoms with Crippen molar-refractivity contribution in [1.82, 2.24) is 5.32 Å². The van der Waals surface area contributed by atoms with Crippen molar-refractivity contribution in [2.45, 2.75) is 33.1 Å². The second kappa shape index (κ2) is 6.72. The molecular formula is C16H23N3O2. The van der Waals surface area contributed by atoms with E-state index in [4.69, 9.17) is 0 Å². The van der Waals surface area contributed by atoms with Crippen molar-refractivity contribution in [3.8, 4) is 0 Å². The fraction of sp³-hybridized carbons (Fsp3) is 0.500. The van der Waals surface area contributed by atoms with E-state index in [0.717, 1.165) is 43.7 Å². The van der Waals surface area contributed by atoms with Gasteiger partial charge in [0.2, 0.25) is 11.8 Å². The lowest BCUT2D eigenvalue weighted by Crippen LogP contribution is -2.38. The zero-order valence-electron chi connectivity index (χ0n) is 12.7. The first kappa shape index (κ1) is 15.5. The van der Waals surface area contributed by atoms with Gasteiger partial charge >= 0.3 is 0 Å². The second-order valence-electron chi connectivity index (χ2n) is 5.67. The van der Waals surface area contributed by atoms with Crippen LogP contribution in [0.25, 0.3) is 0 Å². The molecule has 1 saturated heterocycles. The topological polar surface area (TPSA) is 70.2 Å². The van der Waals surface area contributed by atoms with Crippen LogP contribution in [-0.2, 0) is 9.59 Å². The molecule has 3 N–H and O–H groups in total. The molecule has 1 unspecified atom stereocenters. The van der Waals surface area contributed by atoms with Gasteiger partial charge in [-0.3, -0.25) is 9.59 Å². The molecule has 0 spiro atoms. The van der Waals surface area contributed by atoms with Crippen LogP contribution in [0.3, 0.4) is 0 Å². The lowest BCUT2D eigenvalue weighted by molar-refractivity contribution is -0.125. The van der Waals surface area contributed by atoms with Gasteiger partial charge in [0, 0.05) is 24.8 Å². The van der Waals surface area contributed by atoms with Crippen LogP contribution in [0.15, 0.2) is 24.3 Å². The standard InChI is InChI=1S/C16H23N3O2/c1-3-8-16(9-10-17-11-16)15(21)19-14-6-4-13(5-7-14)18-12(2)20/h4-7,17H,3,8-11H2,1-2H3,(H,18,20)(H,19,21). The summed E-state index contributed by atoms with van der Waals surface area (Å²) in [7, 11) is 0. The number of carbonyl (C=O) groups is 2. The van der Waals surface area contributed by atoms with Gasteiger partial charge in [-0.2, -0.15) is 0 Å². The molecule has 1 fully saturated rings. The van der Waals surface area contributed by atoms with Gasteiger partial charge in [-0.05, 0) is 43.7 Å². The molecule has 2 amide bonds. The Kier molecular flexibility index (Phi) is 4.96. The maximum atomic E-state index is 12.6. The van der Waals surface area contributed by atoms with Gasteiger partial charge in [-0.15, -0.1) is 0 Å². The minimum atomic E-state index is -0.287. The number of nitrogens with one attached hydrogen (secondary N) is 3. The van der Waals surface area contributed by atoms with Crippen LogP contribution in [0.1, 0.15) is 33.1 Å². The van der Waals surface area contributed by atoms with E-state index in [1.54, 1.807) is 12.1 Å². The fourth-order valence-corrected chi connectivity index (χ4v) is 2.85. The van der Waals surface area contributed by atoms with E-state index in [1.807, 2.05) is 12.1 Å². The summed E-state index contributed by atoms with van der Waals surface area (Å²) in [5, 5.41) is 8.99. The van der Waals surface area contributed by atoms with Crippen molar-refractivity contribution in [3.05, 3.63) is 24.3 Å². The summed E-state index contributed by atoms with van der Waals surface area (Å²) in [6.45, 7) is 5.22. The molecule has 1 heterocycles. The van der Waals surface area contributed by atoms with Crippen LogP contribution in [0, 0.1) is 5.41 Å². The monoisotopic (exact) mass is 289 g/mol. The predicted octanol–water partition coefficient (Wildman–Crippen LogP) is 2.36. The van der Waals surface area contributed by atoms with Gasteiger partial charge < -0.3 is 16.0 Å². The van der Waals surface area contributed by atoms with Crippen LogP contribution >= 0.6 is 0 Å². The number of anilines is 2. The highest BCUT2D eigenvalue weighted by Gasteiger charge is 2.40. The Morgan fingerprint density at radius 1 is 1.19 bits per heavy atom. The van der Waals surface area contributed by atoms with E-state index in [9.17, 15) is 9.59 Å². The molecule has 0 aliphatic carbocycles. The van der Waals surface area contributed by atoms with Gasteiger partial charge in [0.1, 0.15) is 0 Å². The van der Waals surface area contributed by atoms with E-state index in [1.165, 1.54) is 6.92 Å². The normalized spacial score (nSPS) is 21.0. The number of amides is 2. The van der Waals surface area contributed by atoms with Crippen molar-refractivity contribution < 1.29 is 9.59 Å². The molecule has 5 nitrogen and oxygen atoms in total. The summed E-state index contributed by atoms with van der Waals surface area (Å²) < 4.78 is 0. The quantitative estimate of drug-likeness (QED) is 0.779. The van der Waals surface area contributed by atoms with Gasteiger partial charge in [-0.1, -0.05) is 13.3 Å². The lowest BCUT2D eigenvalue weighted by atomic mass is 9.81. The molecule has 1 aromatic carbocycles. The summed E-state index contributed by atoms with van der Waals surface area (Å²) in [5.41, 5.74) is 1.20.